The summed E-state index contributed by atoms with van der Waals surface area (Å²) in [5, 5.41) is 31.2. The van der Waals surface area contributed by atoms with E-state index in [0.717, 1.165) is 13.8 Å². The molecule has 0 saturated heterocycles. The van der Waals surface area contributed by atoms with Crippen LogP contribution in [0.15, 0.2) is 170 Å². The Hall–Kier alpha value is -5.30. The fourth-order valence-electron chi connectivity index (χ4n) is 7.05. The second-order valence-corrected chi connectivity index (χ2v) is 18.7. The van der Waals surface area contributed by atoms with E-state index < -0.39 is 27.8 Å². The van der Waals surface area contributed by atoms with Gasteiger partial charge in [-0.05, 0) is 122 Å². The van der Waals surface area contributed by atoms with Crippen LogP contribution in [0.1, 0.15) is 36.1 Å². The fourth-order valence-corrected chi connectivity index (χ4v) is 11.9. The van der Waals surface area contributed by atoms with Gasteiger partial charge >= 0.3 is 19.5 Å². The van der Waals surface area contributed by atoms with Gasteiger partial charge in [-0.1, -0.05) is 192 Å². The Balaban J connectivity index is 0.000000676. The third kappa shape index (κ3) is 11.1. The molecule has 0 aliphatic carbocycles. The Bertz CT molecular complexity index is 2390. The van der Waals surface area contributed by atoms with E-state index in [0.29, 0.717) is 0 Å². The first kappa shape index (κ1) is 44.8. The summed E-state index contributed by atoms with van der Waals surface area (Å²) in [4.78, 5) is 17.8. The Morgan fingerprint density at radius 3 is 0.864 bits per heavy atom. The van der Waals surface area contributed by atoms with E-state index in [1.807, 2.05) is 0 Å². The van der Waals surface area contributed by atoms with Gasteiger partial charge in [-0.25, -0.2) is 0 Å². The number of carbonyl (C=O) groups excluding carboxylic acids is 2. The predicted octanol–water partition coefficient (Wildman–Crippen LogP) is 7.92. The van der Waals surface area contributed by atoms with Crippen molar-refractivity contribution in [2.45, 2.75) is 41.5 Å². The van der Waals surface area contributed by atoms with Crippen molar-refractivity contribution in [1.82, 2.24) is 0 Å². The molecule has 0 spiro atoms. The Morgan fingerprint density at radius 1 is 0.373 bits per heavy atom. The van der Waals surface area contributed by atoms with Crippen molar-refractivity contribution in [2.24, 2.45) is 0 Å². The standard InChI is InChI=1S/C48H40P2.2C2H4O2.Ru/c1-33-13-23-39(24-14-33)49(40-25-15-34(2)16-26-40)45-31-21-37-9-5-7-11-43(37)47(45)48-44-12-8-6-10-38(44)22-32-46(48)50(41-27-17-35(3)18-28-41)42-29-19-36(4)20-30-42;2*1-2(3)4;/h5-32H,1-4H3;2*1H3,(H,3,4);/q;;;+2/p-2. The normalized spacial score (nSPS) is 10.6. The van der Waals surface area contributed by atoms with E-state index >= 15 is 0 Å². The predicted molar refractivity (Wildman–Crippen MR) is 245 cm³/mol. The molecule has 296 valence electrons. The summed E-state index contributed by atoms with van der Waals surface area (Å²) in [6.45, 7) is 10.7. The molecule has 7 heteroatoms. The topological polar surface area (TPSA) is 80.3 Å². The zero-order valence-electron chi connectivity index (χ0n) is 34.0. The van der Waals surface area contributed by atoms with Gasteiger partial charge in [0.15, 0.2) is 0 Å². The van der Waals surface area contributed by atoms with Crippen molar-refractivity contribution in [2.75, 3.05) is 0 Å². The molecule has 0 saturated carbocycles. The molecule has 0 aliphatic heterocycles. The van der Waals surface area contributed by atoms with Gasteiger partial charge in [-0.2, -0.15) is 0 Å². The summed E-state index contributed by atoms with van der Waals surface area (Å²) in [5.74, 6) is -2.17. The van der Waals surface area contributed by atoms with E-state index in [4.69, 9.17) is 19.8 Å². The Kier molecular flexibility index (Phi) is 15.6. The van der Waals surface area contributed by atoms with Crippen molar-refractivity contribution in [3.63, 3.8) is 0 Å². The molecule has 0 amide bonds. The number of hydrogen-bond acceptors (Lipinski definition) is 4. The molecule has 0 bridgehead atoms. The summed E-state index contributed by atoms with van der Waals surface area (Å²) in [6, 6.07) is 64.6. The van der Waals surface area contributed by atoms with Gasteiger partial charge in [-0.3, -0.25) is 0 Å². The van der Waals surface area contributed by atoms with Crippen LogP contribution in [0.5, 0.6) is 0 Å². The molecule has 8 aromatic rings. The molecule has 8 rings (SSSR count). The quantitative estimate of drug-likeness (QED) is 0.120. The molecule has 0 fully saturated rings. The number of carbonyl (C=O) groups is 2. The number of benzene rings is 8. The van der Waals surface area contributed by atoms with Crippen molar-refractivity contribution in [3.05, 3.63) is 192 Å². The van der Waals surface area contributed by atoms with Crippen LogP contribution in [0.4, 0.5) is 0 Å². The molecule has 0 unspecified atom stereocenters. The average molecular weight is 898 g/mol. The van der Waals surface area contributed by atoms with Gasteiger partial charge in [0.1, 0.15) is 0 Å². The number of hydrogen-bond donors (Lipinski definition) is 0. The van der Waals surface area contributed by atoms with Crippen molar-refractivity contribution >= 4 is 81.2 Å². The second kappa shape index (κ2) is 20.6. The third-order valence-electron chi connectivity index (χ3n) is 9.71. The first-order chi connectivity index (χ1) is 27.9. The number of aliphatic carboxylic acids is 2. The Labute approximate surface area is 363 Å². The van der Waals surface area contributed by atoms with Gasteiger partial charge in [0.25, 0.3) is 0 Å². The molecule has 4 nitrogen and oxygen atoms in total. The summed E-state index contributed by atoms with van der Waals surface area (Å²) < 4.78 is 0. The largest absolute Gasteiger partial charge is 2.00 e. The molecule has 8 aromatic carbocycles. The maximum atomic E-state index is 8.89. The molecule has 0 N–H and O–H groups in total. The molecule has 0 aliphatic rings. The van der Waals surface area contributed by atoms with Crippen LogP contribution in [0.3, 0.4) is 0 Å². The molecule has 0 heterocycles. The first-order valence-electron chi connectivity index (χ1n) is 19.2. The monoisotopic (exact) mass is 898 g/mol. The smallest absolute Gasteiger partial charge is 0.550 e. The van der Waals surface area contributed by atoms with Crippen LogP contribution < -0.4 is 42.0 Å². The fraction of sp³-hybridized carbons (Fsp3) is 0.115. The summed E-state index contributed by atoms with van der Waals surface area (Å²) >= 11 is 0. The van der Waals surface area contributed by atoms with Crippen molar-refractivity contribution in [3.8, 4) is 11.1 Å². The maximum absolute atomic E-state index is 8.89. The molecular weight excluding hydrogens is 852 g/mol. The van der Waals surface area contributed by atoms with E-state index in [2.05, 4.69) is 198 Å². The van der Waals surface area contributed by atoms with Gasteiger partial charge in [0.05, 0.1) is 0 Å². The van der Waals surface area contributed by atoms with Crippen molar-refractivity contribution in [1.29, 1.82) is 0 Å². The number of rotatable bonds is 7. The average Bonchev–Trinajstić information content (AvgIpc) is 3.20. The first-order valence-corrected chi connectivity index (χ1v) is 21.9. The maximum Gasteiger partial charge on any atom is 2.00 e. The molecular formula is C52H46O4P2Ru. The summed E-state index contributed by atoms with van der Waals surface area (Å²) in [5.41, 5.74) is 7.84. The number of fused-ring (bicyclic) bond motifs is 2. The minimum Gasteiger partial charge on any atom is -0.550 e. The second-order valence-electron chi connectivity index (χ2n) is 14.4. The molecule has 0 atom stereocenters. The third-order valence-corrected chi connectivity index (χ3v) is 14.7. The minimum atomic E-state index is -1.08. The zero-order chi connectivity index (χ0) is 41.3. The van der Waals surface area contributed by atoms with Gasteiger partial charge in [-0.15, -0.1) is 0 Å². The van der Waals surface area contributed by atoms with Gasteiger partial charge in [0, 0.05) is 11.9 Å². The van der Waals surface area contributed by atoms with Crippen LogP contribution in [0.2, 0.25) is 0 Å². The van der Waals surface area contributed by atoms with E-state index in [-0.39, 0.29) is 19.5 Å². The van der Waals surface area contributed by atoms with Crippen LogP contribution in [-0.4, -0.2) is 11.9 Å². The van der Waals surface area contributed by atoms with Crippen molar-refractivity contribution < 1.29 is 39.3 Å². The molecule has 0 aromatic heterocycles. The zero-order valence-corrected chi connectivity index (χ0v) is 37.6. The van der Waals surface area contributed by atoms with Gasteiger partial charge in [0.2, 0.25) is 0 Å². The van der Waals surface area contributed by atoms with E-state index in [1.165, 1.54) is 86.8 Å². The van der Waals surface area contributed by atoms with Crippen LogP contribution >= 0.6 is 15.8 Å². The number of carboxylic acid groups (broad SMARTS) is 2. The molecule has 59 heavy (non-hydrogen) atoms. The van der Waals surface area contributed by atoms with Crippen LogP contribution in [-0.2, 0) is 29.1 Å². The summed E-state index contributed by atoms with van der Waals surface area (Å²) in [6.07, 6.45) is 0. The van der Waals surface area contributed by atoms with E-state index in [9.17, 15) is 0 Å². The van der Waals surface area contributed by atoms with Gasteiger partial charge < -0.3 is 19.8 Å². The number of aryl methyl sites for hydroxylation is 4. The van der Waals surface area contributed by atoms with Crippen LogP contribution in [0.25, 0.3) is 32.7 Å². The molecule has 0 radical (unpaired) electrons. The number of carboxylic acids is 2. The Morgan fingerprint density at radius 2 is 0.610 bits per heavy atom. The van der Waals surface area contributed by atoms with Crippen LogP contribution in [0, 0.1) is 27.7 Å². The summed E-state index contributed by atoms with van der Waals surface area (Å²) in [7, 11) is -1.77. The SMILES string of the molecule is CC(=O)[O-].CC(=O)[O-].Cc1ccc(P(c2ccc(C)cc2)c2ccc3ccccc3c2-c2c(P(c3ccc(C)cc3)c3ccc(C)cc3)ccc3ccccc23)cc1.[Ru+2]. The minimum absolute atomic E-state index is 0. The van der Waals surface area contributed by atoms with E-state index in [1.54, 1.807) is 0 Å².